The van der Waals surface area contributed by atoms with Crippen LogP contribution in [0.1, 0.15) is 81.4 Å². The number of ether oxygens (including phenoxy) is 5. The molecule has 0 N–H and O–H groups in total. The summed E-state index contributed by atoms with van der Waals surface area (Å²) >= 11 is 0. The van der Waals surface area contributed by atoms with Crippen molar-refractivity contribution >= 4 is 11.9 Å². The van der Waals surface area contributed by atoms with E-state index in [1.807, 2.05) is 53.4 Å². The molecule has 2 aromatic rings. The third-order valence-corrected chi connectivity index (χ3v) is 9.38. The summed E-state index contributed by atoms with van der Waals surface area (Å²) in [5.74, 6) is 1.92. The largest absolute Gasteiger partial charge is 0.493 e. The lowest BCUT2D eigenvalue weighted by Crippen LogP contribution is -2.52. The fourth-order valence-corrected chi connectivity index (χ4v) is 6.90. The first-order valence-electron chi connectivity index (χ1n) is 17.2. The van der Waals surface area contributed by atoms with Gasteiger partial charge in [0.05, 0.1) is 27.4 Å². The second kappa shape index (κ2) is 19.1. The summed E-state index contributed by atoms with van der Waals surface area (Å²) < 4.78 is 28.7. The van der Waals surface area contributed by atoms with Gasteiger partial charge in [0, 0.05) is 12.5 Å². The quantitative estimate of drug-likeness (QED) is 0.0934. The molecule has 2 fully saturated rings. The zero-order chi connectivity index (χ0) is 33.4. The number of rotatable bonds is 18. The lowest BCUT2D eigenvalue weighted by molar-refractivity contribution is -0.164. The number of carbonyl (C=O) groups excluding carboxylic acids is 2. The van der Waals surface area contributed by atoms with Gasteiger partial charge < -0.3 is 28.6 Å². The topological polar surface area (TPSA) is 83.5 Å². The van der Waals surface area contributed by atoms with Crippen molar-refractivity contribution in [3.05, 3.63) is 78.9 Å². The summed E-state index contributed by atoms with van der Waals surface area (Å²) in [6.45, 7) is 9.49. The monoisotopic (exact) mass is 647 g/mol. The van der Waals surface area contributed by atoms with Gasteiger partial charge in [0.25, 0.3) is 0 Å². The van der Waals surface area contributed by atoms with Gasteiger partial charge in [0.2, 0.25) is 5.91 Å². The Hall–Kier alpha value is -3.78. The van der Waals surface area contributed by atoms with Crippen molar-refractivity contribution in [2.45, 2.75) is 82.8 Å². The number of nitrogens with zero attached hydrogens (tertiary/aromatic N) is 1. The van der Waals surface area contributed by atoms with Gasteiger partial charge in [-0.15, -0.1) is 13.2 Å². The molecule has 0 bridgehead atoms. The summed E-state index contributed by atoms with van der Waals surface area (Å²) in [7, 11) is 3.23. The predicted molar refractivity (Wildman–Crippen MR) is 184 cm³/mol. The van der Waals surface area contributed by atoms with E-state index >= 15 is 0 Å². The highest BCUT2D eigenvalue weighted by Crippen LogP contribution is 2.36. The summed E-state index contributed by atoms with van der Waals surface area (Å²) in [5.41, 5.74) is 1.87. The lowest BCUT2D eigenvalue weighted by Gasteiger charge is -2.39. The van der Waals surface area contributed by atoms with Crippen LogP contribution in [0.3, 0.4) is 0 Å². The SMILES string of the molecule is C=CCOCCOc1cccc(C(CCc2ccc(OC)c(OC)c2)OC(=O)C2CCCCN2C(=O)[C@H](CC=C)C2CCCCC2)c1. The van der Waals surface area contributed by atoms with Crippen molar-refractivity contribution in [3.63, 3.8) is 0 Å². The normalized spacial score (nSPS) is 18.1. The third-order valence-electron chi connectivity index (χ3n) is 9.38. The number of carbonyl (C=O) groups is 2. The summed E-state index contributed by atoms with van der Waals surface area (Å²) in [6, 6.07) is 12.9. The van der Waals surface area contributed by atoms with Crippen LogP contribution in [0.4, 0.5) is 0 Å². The van der Waals surface area contributed by atoms with E-state index < -0.39 is 12.1 Å². The van der Waals surface area contributed by atoms with Gasteiger partial charge in [0.15, 0.2) is 11.5 Å². The molecule has 1 aliphatic heterocycles. The highest BCUT2D eigenvalue weighted by Gasteiger charge is 2.39. The van der Waals surface area contributed by atoms with E-state index in [0.29, 0.717) is 75.2 Å². The molecule has 2 unspecified atom stereocenters. The molecule has 8 nitrogen and oxygen atoms in total. The van der Waals surface area contributed by atoms with Crippen LogP contribution in [0.25, 0.3) is 0 Å². The van der Waals surface area contributed by atoms with Gasteiger partial charge in [-0.05, 0) is 92.7 Å². The third kappa shape index (κ3) is 10.4. The van der Waals surface area contributed by atoms with Gasteiger partial charge >= 0.3 is 5.97 Å². The number of amides is 1. The highest BCUT2D eigenvalue weighted by molar-refractivity contribution is 5.86. The zero-order valence-electron chi connectivity index (χ0n) is 28.3. The number of allylic oxidation sites excluding steroid dienone is 1. The van der Waals surface area contributed by atoms with Crippen molar-refractivity contribution in [2.24, 2.45) is 11.8 Å². The average Bonchev–Trinajstić information content (AvgIpc) is 3.12. The number of piperidine rings is 1. The molecule has 8 heteroatoms. The van der Waals surface area contributed by atoms with Crippen LogP contribution < -0.4 is 14.2 Å². The molecule has 256 valence electrons. The Morgan fingerprint density at radius 1 is 0.915 bits per heavy atom. The number of hydrogen-bond acceptors (Lipinski definition) is 7. The smallest absolute Gasteiger partial charge is 0.329 e. The lowest BCUT2D eigenvalue weighted by atomic mass is 9.77. The molecule has 1 aliphatic carbocycles. The van der Waals surface area contributed by atoms with Crippen molar-refractivity contribution in [1.29, 1.82) is 0 Å². The molecule has 1 amide bonds. The Morgan fingerprint density at radius 3 is 2.45 bits per heavy atom. The number of hydrogen-bond donors (Lipinski definition) is 0. The molecule has 2 aliphatic rings. The minimum absolute atomic E-state index is 0.0781. The minimum Gasteiger partial charge on any atom is -0.493 e. The van der Waals surface area contributed by atoms with Crippen molar-refractivity contribution in [1.82, 2.24) is 4.90 Å². The van der Waals surface area contributed by atoms with Crippen LogP contribution >= 0.6 is 0 Å². The molecule has 0 spiro atoms. The zero-order valence-corrected chi connectivity index (χ0v) is 28.3. The van der Waals surface area contributed by atoms with E-state index in [2.05, 4.69) is 13.2 Å². The predicted octanol–water partition coefficient (Wildman–Crippen LogP) is 7.66. The average molecular weight is 648 g/mol. The Labute approximate surface area is 281 Å². The van der Waals surface area contributed by atoms with E-state index in [1.165, 1.54) is 6.42 Å². The van der Waals surface area contributed by atoms with Crippen LogP contribution in [0.15, 0.2) is 67.8 Å². The van der Waals surface area contributed by atoms with Crippen LogP contribution in [-0.2, 0) is 25.5 Å². The molecule has 0 aromatic heterocycles. The van der Waals surface area contributed by atoms with Crippen molar-refractivity contribution in [3.8, 4) is 17.2 Å². The van der Waals surface area contributed by atoms with Gasteiger partial charge in [-0.25, -0.2) is 4.79 Å². The van der Waals surface area contributed by atoms with E-state index in [4.69, 9.17) is 23.7 Å². The molecule has 1 saturated carbocycles. The van der Waals surface area contributed by atoms with Crippen LogP contribution in [-0.4, -0.2) is 63.4 Å². The van der Waals surface area contributed by atoms with E-state index in [1.54, 1.807) is 20.3 Å². The van der Waals surface area contributed by atoms with Gasteiger partial charge in [0.1, 0.15) is 24.5 Å². The summed E-state index contributed by atoms with van der Waals surface area (Å²) in [4.78, 5) is 30.0. The van der Waals surface area contributed by atoms with Gasteiger partial charge in [-0.1, -0.05) is 49.6 Å². The second-order valence-corrected chi connectivity index (χ2v) is 12.5. The number of esters is 1. The highest BCUT2D eigenvalue weighted by atomic mass is 16.5. The first kappa shape index (κ1) is 36.1. The molecule has 0 radical (unpaired) electrons. The number of benzene rings is 2. The maximum atomic E-state index is 14.1. The molecule has 1 saturated heterocycles. The van der Waals surface area contributed by atoms with Crippen molar-refractivity contribution in [2.75, 3.05) is 40.6 Å². The Bertz CT molecular complexity index is 1300. The number of methoxy groups -OCH3 is 2. The fraction of sp³-hybridized carbons (Fsp3) is 0.538. The molecule has 47 heavy (non-hydrogen) atoms. The van der Waals surface area contributed by atoms with Crippen LogP contribution in [0, 0.1) is 11.8 Å². The molecular formula is C39H53NO7. The van der Waals surface area contributed by atoms with Crippen molar-refractivity contribution < 1.29 is 33.3 Å². The van der Waals surface area contributed by atoms with Crippen LogP contribution in [0.5, 0.6) is 17.2 Å². The second-order valence-electron chi connectivity index (χ2n) is 12.5. The maximum Gasteiger partial charge on any atom is 0.329 e. The van der Waals surface area contributed by atoms with Crippen LogP contribution in [0.2, 0.25) is 0 Å². The summed E-state index contributed by atoms with van der Waals surface area (Å²) in [5, 5.41) is 0. The molecule has 2 aromatic carbocycles. The molecule has 4 rings (SSSR count). The molecular weight excluding hydrogens is 594 g/mol. The Kier molecular flexibility index (Phi) is 14.7. The number of likely N-dealkylation sites (tertiary alicyclic amines) is 1. The first-order chi connectivity index (χ1) is 23.0. The van der Waals surface area contributed by atoms with Gasteiger partial charge in [-0.3, -0.25) is 4.79 Å². The van der Waals surface area contributed by atoms with E-state index in [9.17, 15) is 9.59 Å². The number of aryl methyl sites for hydroxylation is 1. The standard InChI is InChI=1S/C39H53NO7/c1-5-13-33(30-14-8-7-9-15-30)38(41)40-23-11-10-18-34(40)39(42)47-35(21-19-29-20-22-36(43-3)37(27-29)44-4)31-16-12-17-32(28-31)46-26-25-45-24-6-2/h5-6,12,16-17,20,22,27-28,30,33-35H,1-2,7-11,13-15,18-19,21,23-26H2,3-4H3/t33-,34?,35?/m1/s1. The molecule has 3 atom stereocenters. The minimum atomic E-state index is -0.600. The fourth-order valence-electron chi connectivity index (χ4n) is 6.90. The maximum absolute atomic E-state index is 14.1. The Morgan fingerprint density at radius 2 is 1.70 bits per heavy atom. The van der Waals surface area contributed by atoms with Gasteiger partial charge in [-0.2, -0.15) is 0 Å². The summed E-state index contributed by atoms with van der Waals surface area (Å²) in [6.07, 6.45) is 12.9. The van der Waals surface area contributed by atoms with E-state index in [0.717, 1.165) is 49.7 Å². The first-order valence-corrected chi connectivity index (χ1v) is 17.2. The van der Waals surface area contributed by atoms with E-state index in [-0.39, 0.29) is 17.8 Å². The molecule has 1 heterocycles. The Balaban J connectivity index is 1.54.